The number of fused-ring (bicyclic) bond motifs is 5. The molecule has 3 heteroatoms. The van der Waals surface area contributed by atoms with Crippen molar-refractivity contribution in [2.75, 3.05) is 6.61 Å². The second kappa shape index (κ2) is 5.41. The number of hydrogen-bond acceptors (Lipinski definition) is 3. The molecule has 2 saturated carbocycles. The summed E-state index contributed by atoms with van der Waals surface area (Å²) < 4.78 is 5.62. The summed E-state index contributed by atoms with van der Waals surface area (Å²) in [7, 11) is 0. The lowest BCUT2D eigenvalue weighted by molar-refractivity contribution is -0.0406. The standard InChI is InChI=1S/C20H28O3/c1-3-23-18-11-15-12(10-17(18)21)4-5-14-13(15)8-9-20(2)16(14)6-7-19(20)22/h4,10-11,13-16,19,21-22H,3,5-9H2,1-2H3/t13-,14+,15-,16-,19-,20-/m0/s1. The molecule has 4 aliphatic rings. The molecule has 0 aliphatic heterocycles. The van der Waals surface area contributed by atoms with E-state index in [-0.39, 0.29) is 17.3 Å². The quantitative estimate of drug-likeness (QED) is 0.806. The van der Waals surface area contributed by atoms with Gasteiger partial charge in [-0.05, 0) is 79.9 Å². The molecule has 0 unspecified atom stereocenters. The summed E-state index contributed by atoms with van der Waals surface area (Å²) in [5, 5.41) is 20.6. The summed E-state index contributed by atoms with van der Waals surface area (Å²) in [6.45, 7) is 4.84. The van der Waals surface area contributed by atoms with Crippen LogP contribution in [0.2, 0.25) is 0 Å². The van der Waals surface area contributed by atoms with Gasteiger partial charge >= 0.3 is 0 Å². The molecule has 4 rings (SSSR count). The number of hydrogen-bond donors (Lipinski definition) is 2. The first-order valence-electron chi connectivity index (χ1n) is 9.18. The van der Waals surface area contributed by atoms with E-state index in [9.17, 15) is 10.2 Å². The van der Waals surface area contributed by atoms with E-state index in [4.69, 9.17) is 4.74 Å². The van der Waals surface area contributed by atoms with E-state index in [1.165, 1.54) is 12.0 Å². The predicted molar refractivity (Wildman–Crippen MR) is 89.7 cm³/mol. The van der Waals surface area contributed by atoms with Gasteiger partial charge in [-0.25, -0.2) is 0 Å². The van der Waals surface area contributed by atoms with Crippen LogP contribution in [0.5, 0.6) is 0 Å². The van der Waals surface area contributed by atoms with E-state index < -0.39 is 0 Å². The Morgan fingerprint density at radius 3 is 2.87 bits per heavy atom. The molecule has 4 aliphatic carbocycles. The first kappa shape index (κ1) is 15.3. The van der Waals surface area contributed by atoms with Crippen molar-refractivity contribution in [2.24, 2.45) is 29.1 Å². The van der Waals surface area contributed by atoms with E-state index >= 15 is 0 Å². The van der Waals surface area contributed by atoms with Crippen molar-refractivity contribution in [3.63, 3.8) is 0 Å². The van der Waals surface area contributed by atoms with Gasteiger partial charge in [0.1, 0.15) is 0 Å². The van der Waals surface area contributed by atoms with Crippen LogP contribution < -0.4 is 0 Å². The van der Waals surface area contributed by atoms with Gasteiger partial charge in [0.2, 0.25) is 0 Å². The van der Waals surface area contributed by atoms with Crippen molar-refractivity contribution < 1.29 is 14.9 Å². The number of aliphatic hydroxyl groups is 2. The minimum atomic E-state index is -0.122. The monoisotopic (exact) mass is 316 g/mol. The Balaban J connectivity index is 1.66. The molecule has 0 saturated heterocycles. The van der Waals surface area contributed by atoms with Gasteiger partial charge in [0, 0.05) is 5.92 Å². The van der Waals surface area contributed by atoms with E-state index in [2.05, 4.69) is 19.1 Å². The Labute approximate surface area is 138 Å². The third-order valence-corrected chi connectivity index (χ3v) is 7.10. The van der Waals surface area contributed by atoms with Gasteiger partial charge in [0.25, 0.3) is 0 Å². The molecular weight excluding hydrogens is 288 g/mol. The molecule has 0 aromatic rings. The molecule has 126 valence electrons. The van der Waals surface area contributed by atoms with Gasteiger partial charge in [-0.15, -0.1) is 0 Å². The third-order valence-electron chi connectivity index (χ3n) is 7.10. The first-order valence-corrected chi connectivity index (χ1v) is 9.18. The van der Waals surface area contributed by atoms with Crippen molar-refractivity contribution in [3.8, 4) is 0 Å². The van der Waals surface area contributed by atoms with Crippen molar-refractivity contribution >= 4 is 0 Å². The summed E-state index contributed by atoms with van der Waals surface area (Å²) >= 11 is 0. The molecule has 0 amide bonds. The zero-order valence-corrected chi connectivity index (χ0v) is 14.2. The third kappa shape index (κ3) is 2.20. The number of aliphatic hydroxyl groups excluding tert-OH is 2. The van der Waals surface area contributed by atoms with Gasteiger partial charge in [-0.2, -0.15) is 0 Å². The van der Waals surface area contributed by atoms with Gasteiger partial charge in [-0.1, -0.05) is 13.0 Å². The molecule has 0 bridgehead atoms. The number of ether oxygens (including phenoxy) is 1. The van der Waals surface area contributed by atoms with E-state index in [1.807, 2.05) is 13.0 Å². The molecule has 0 heterocycles. The topological polar surface area (TPSA) is 49.7 Å². The summed E-state index contributed by atoms with van der Waals surface area (Å²) in [5.41, 5.74) is 1.38. The minimum Gasteiger partial charge on any atom is -0.504 e. The SMILES string of the molecule is CCOC1=C[C@H]2C(=CC[C@@H]3[C@@H]2CC[C@]2(C)[C@@H](O)CC[C@@H]32)C=C1O. The summed E-state index contributed by atoms with van der Waals surface area (Å²) in [4.78, 5) is 0. The highest BCUT2D eigenvalue weighted by Gasteiger charge is 2.55. The van der Waals surface area contributed by atoms with Crippen LogP contribution in [0.1, 0.15) is 46.0 Å². The highest BCUT2D eigenvalue weighted by molar-refractivity contribution is 5.41. The molecule has 3 nitrogen and oxygen atoms in total. The van der Waals surface area contributed by atoms with Crippen LogP contribution in [-0.4, -0.2) is 22.9 Å². The maximum atomic E-state index is 10.5. The van der Waals surface area contributed by atoms with Crippen molar-refractivity contribution in [1.82, 2.24) is 0 Å². The largest absolute Gasteiger partial charge is 0.504 e. The summed E-state index contributed by atoms with van der Waals surface area (Å²) in [6.07, 6.45) is 11.8. The fourth-order valence-electron chi connectivity index (χ4n) is 5.86. The molecule has 23 heavy (non-hydrogen) atoms. The second-order valence-electron chi connectivity index (χ2n) is 8.03. The molecule has 6 atom stereocenters. The smallest absolute Gasteiger partial charge is 0.157 e. The second-order valence-corrected chi connectivity index (χ2v) is 8.03. The predicted octanol–water partition coefficient (Wildman–Crippen LogP) is 4.11. The lowest BCUT2D eigenvalue weighted by atomic mass is 9.54. The zero-order chi connectivity index (χ0) is 16.2. The Morgan fingerprint density at radius 2 is 2.09 bits per heavy atom. The Kier molecular flexibility index (Phi) is 3.60. The fraction of sp³-hybridized carbons (Fsp3) is 0.700. The van der Waals surface area contributed by atoms with Crippen molar-refractivity contribution in [2.45, 2.75) is 52.1 Å². The molecular formula is C20H28O3. The maximum absolute atomic E-state index is 10.5. The highest BCUT2D eigenvalue weighted by Crippen LogP contribution is 2.60. The molecule has 0 radical (unpaired) electrons. The van der Waals surface area contributed by atoms with Crippen LogP contribution in [0.25, 0.3) is 0 Å². The summed E-state index contributed by atoms with van der Waals surface area (Å²) in [6, 6.07) is 0. The average Bonchev–Trinajstić information content (AvgIpc) is 2.84. The molecule has 0 aromatic heterocycles. The number of rotatable bonds is 2. The van der Waals surface area contributed by atoms with Crippen LogP contribution in [0, 0.1) is 29.1 Å². The van der Waals surface area contributed by atoms with Crippen LogP contribution in [-0.2, 0) is 4.74 Å². The average molecular weight is 316 g/mol. The maximum Gasteiger partial charge on any atom is 0.157 e. The van der Waals surface area contributed by atoms with E-state index in [1.54, 1.807) is 0 Å². The molecule has 2 N–H and O–H groups in total. The van der Waals surface area contributed by atoms with E-state index in [0.29, 0.717) is 36.0 Å². The van der Waals surface area contributed by atoms with Gasteiger partial charge in [0.15, 0.2) is 11.5 Å². The first-order chi connectivity index (χ1) is 11.0. The van der Waals surface area contributed by atoms with Crippen molar-refractivity contribution in [3.05, 3.63) is 35.3 Å². The van der Waals surface area contributed by atoms with E-state index in [0.717, 1.165) is 25.7 Å². The molecule has 0 spiro atoms. The van der Waals surface area contributed by atoms with Gasteiger partial charge < -0.3 is 14.9 Å². The Morgan fingerprint density at radius 1 is 1.26 bits per heavy atom. The molecule has 0 aromatic carbocycles. The van der Waals surface area contributed by atoms with Gasteiger partial charge in [-0.3, -0.25) is 0 Å². The number of allylic oxidation sites excluding steroid dienone is 4. The van der Waals surface area contributed by atoms with Crippen molar-refractivity contribution in [1.29, 1.82) is 0 Å². The normalized spacial score (nSPS) is 45.2. The molecule has 2 fully saturated rings. The van der Waals surface area contributed by atoms with Crippen LogP contribution in [0.15, 0.2) is 35.3 Å². The van der Waals surface area contributed by atoms with Crippen LogP contribution in [0.3, 0.4) is 0 Å². The minimum absolute atomic E-state index is 0.117. The lowest BCUT2D eigenvalue weighted by Crippen LogP contribution is -2.46. The Bertz CT molecular complexity index is 588. The highest BCUT2D eigenvalue weighted by atomic mass is 16.5. The zero-order valence-electron chi connectivity index (χ0n) is 14.2. The summed E-state index contributed by atoms with van der Waals surface area (Å²) in [5.74, 6) is 3.21. The van der Waals surface area contributed by atoms with Crippen LogP contribution >= 0.6 is 0 Å². The fourth-order valence-corrected chi connectivity index (χ4v) is 5.86. The van der Waals surface area contributed by atoms with Crippen LogP contribution in [0.4, 0.5) is 0 Å². The van der Waals surface area contributed by atoms with Gasteiger partial charge in [0.05, 0.1) is 12.7 Å². The lowest BCUT2D eigenvalue weighted by Gasteiger charge is -2.51. The Hall–Kier alpha value is -1.22.